The Morgan fingerprint density at radius 3 is 2.95 bits per heavy atom. The van der Waals surface area contributed by atoms with E-state index >= 15 is 0 Å². The molecule has 1 fully saturated rings. The largest absolute Gasteiger partial charge is 0.349 e. The van der Waals surface area contributed by atoms with Crippen molar-refractivity contribution in [3.63, 3.8) is 0 Å². The molecule has 0 radical (unpaired) electrons. The first-order chi connectivity index (χ1) is 8.58. The second kappa shape index (κ2) is 7.31. The summed E-state index contributed by atoms with van der Waals surface area (Å²) >= 11 is 3.42. The number of nitrogens with one attached hydrogen (secondary N) is 2. The summed E-state index contributed by atoms with van der Waals surface area (Å²) in [5.41, 5.74) is 0.717. The zero-order valence-electron chi connectivity index (χ0n) is 11.3. The number of rotatable bonds is 4. The van der Waals surface area contributed by atoms with E-state index in [2.05, 4.69) is 40.4 Å². The van der Waals surface area contributed by atoms with Gasteiger partial charge in [-0.3, -0.25) is 4.79 Å². The molecule has 108 valence electrons. The van der Waals surface area contributed by atoms with Crippen LogP contribution < -0.4 is 10.6 Å². The van der Waals surface area contributed by atoms with E-state index in [9.17, 15) is 4.79 Å². The molecule has 1 unspecified atom stereocenters. The Morgan fingerprint density at radius 2 is 2.37 bits per heavy atom. The second-order valence-corrected chi connectivity index (χ2v) is 5.96. The van der Waals surface area contributed by atoms with Crippen LogP contribution in [0.25, 0.3) is 0 Å². The van der Waals surface area contributed by atoms with Gasteiger partial charge in [-0.25, -0.2) is 0 Å². The number of carbonyl (C=O) groups is 1. The minimum Gasteiger partial charge on any atom is -0.349 e. The van der Waals surface area contributed by atoms with E-state index in [1.165, 1.54) is 6.42 Å². The number of hydrogen-bond donors (Lipinski definition) is 2. The average Bonchev–Trinajstić information content (AvgIpc) is 2.94. The maximum atomic E-state index is 12.2. The van der Waals surface area contributed by atoms with Crippen LogP contribution in [0.3, 0.4) is 0 Å². The fourth-order valence-electron chi connectivity index (χ4n) is 2.29. The molecule has 1 aliphatic heterocycles. The molecule has 0 saturated carbocycles. The van der Waals surface area contributed by atoms with Gasteiger partial charge in [0.1, 0.15) is 5.69 Å². The fraction of sp³-hybridized carbons (Fsp3) is 0.615. The fourth-order valence-corrected chi connectivity index (χ4v) is 2.73. The molecule has 2 rings (SSSR count). The van der Waals surface area contributed by atoms with Gasteiger partial charge in [0, 0.05) is 29.3 Å². The van der Waals surface area contributed by atoms with Crippen molar-refractivity contribution in [1.29, 1.82) is 0 Å². The van der Waals surface area contributed by atoms with Crippen LogP contribution in [0, 0.1) is 0 Å². The van der Waals surface area contributed by atoms with Crippen LogP contribution in [-0.2, 0) is 0 Å². The van der Waals surface area contributed by atoms with Crippen LogP contribution in [0.4, 0.5) is 0 Å². The van der Waals surface area contributed by atoms with Crippen molar-refractivity contribution in [2.75, 3.05) is 13.1 Å². The van der Waals surface area contributed by atoms with Gasteiger partial charge in [0.25, 0.3) is 5.91 Å². The summed E-state index contributed by atoms with van der Waals surface area (Å²) < 4.78 is 2.93. The Hall–Kier alpha value is -0.520. The van der Waals surface area contributed by atoms with Crippen molar-refractivity contribution in [3.05, 3.63) is 22.4 Å². The maximum absolute atomic E-state index is 12.2. The molecule has 19 heavy (non-hydrogen) atoms. The Morgan fingerprint density at radius 1 is 1.63 bits per heavy atom. The van der Waals surface area contributed by atoms with Crippen molar-refractivity contribution >= 4 is 34.2 Å². The van der Waals surface area contributed by atoms with Gasteiger partial charge in [-0.2, -0.15) is 0 Å². The molecule has 2 heterocycles. The summed E-state index contributed by atoms with van der Waals surface area (Å²) in [6.07, 6.45) is 4.30. The first kappa shape index (κ1) is 16.5. The molecule has 0 bridgehead atoms. The van der Waals surface area contributed by atoms with Crippen molar-refractivity contribution in [1.82, 2.24) is 15.2 Å². The molecule has 1 saturated heterocycles. The highest BCUT2D eigenvalue weighted by molar-refractivity contribution is 9.10. The van der Waals surface area contributed by atoms with Gasteiger partial charge in [-0.1, -0.05) is 0 Å². The zero-order valence-corrected chi connectivity index (χ0v) is 13.7. The summed E-state index contributed by atoms with van der Waals surface area (Å²) in [7, 11) is 0. The molecule has 6 heteroatoms. The minimum absolute atomic E-state index is 0. The molecule has 1 amide bonds. The third kappa shape index (κ3) is 4.23. The predicted octanol–water partition coefficient (Wildman–Crippen LogP) is 2.74. The maximum Gasteiger partial charge on any atom is 0.268 e. The smallest absolute Gasteiger partial charge is 0.268 e. The Balaban J connectivity index is 0.00000180. The average molecular weight is 351 g/mol. The topological polar surface area (TPSA) is 46.1 Å². The van der Waals surface area contributed by atoms with E-state index in [4.69, 9.17) is 0 Å². The number of aromatic nitrogens is 1. The molecule has 1 atom stereocenters. The standard InChI is InChI=1S/C13H20BrN3O.ClH/c1-9(2)17-8-10(14)6-12(17)13(18)16-7-11-4-3-5-15-11;/h6,8-9,11,15H,3-5,7H2,1-2H3,(H,16,18);1H. The molecular weight excluding hydrogens is 330 g/mol. The monoisotopic (exact) mass is 349 g/mol. The molecule has 0 aromatic carbocycles. The predicted molar refractivity (Wildman–Crippen MR) is 83.1 cm³/mol. The van der Waals surface area contributed by atoms with Crippen molar-refractivity contribution in [2.24, 2.45) is 0 Å². The van der Waals surface area contributed by atoms with Crippen LogP contribution >= 0.6 is 28.3 Å². The SMILES string of the molecule is CC(C)n1cc(Br)cc1C(=O)NCC1CCCN1.Cl. The molecule has 1 aromatic rings. The third-order valence-electron chi connectivity index (χ3n) is 3.28. The molecule has 1 aromatic heterocycles. The van der Waals surface area contributed by atoms with Gasteiger partial charge in [0.05, 0.1) is 0 Å². The number of amides is 1. The van der Waals surface area contributed by atoms with E-state index in [1.54, 1.807) is 0 Å². The van der Waals surface area contributed by atoms with Crippen LogP contribution in [0.15, 0.2) is 16.7 Å². The third-order valence-corrected chi connectivity index (χ3v) is 3.71. The summed E-state index contributed by atoms with van der Waals surface area (Å²) in [6.45, 7) is 5.91. The first-order valence-corrected chi connectivity index (χ1v) is 7.26. The Kier molecular flexibility index (Phi) is 6.36. The number of hydrogen-bond acceptors (Lipinski definition) is 2. The van der Waals surface area contributed by atoms with Gasteiger partial charge in [-0.05, 0) is 55.2 Å². The van der Waals surface area contributed by atoms with Gasteiger partial charge in [-0.15, -0.1) is 12.4 Å². The highest BCUT2D eigenvalue weighted by atomic mass is 79.9. The summed E-state index contributed by atoms with van der Waals surface area (Å²) in [6, 6.07) is 2.58. The summed E-state index contributed by atoms with van der Waals surface area (Å²) in [4.78, 5) is 12.2. The lowest BCUT2D eigenvalue weighted by Gasteiger charge is -2.14. The lowest BCUT2D eigenvalue weighted by Crippen LogP contribution is -2.37. The molecule has 0 spiro atoms. The highest BCUT2D eigenvalue weighted by Crippen LogP contribution is 2.19. The Bertz CT molecular complexity index is 428. The second-order valence-electron chi connectivity index (χ2n) is 5.05. The van der Waals surface area contributed by atoms with Crippen LogP contribution in [0.1, 0.15) is 43.2 Å². The normalized spacial score (nSPS) is 18.4. The van der Waals surface area contributed by atoms with E-state index < -0.39 is 0 Å². The molecule has 1 aliphatic rings. The molecule has 2 N–H and O–H groups in total. The lowest BCUT2D eigenvalue weighted by molar-refractivity contribution is 0.0939. The van der Waals surface area contributed by atoms with E-state index in [-0.39, 0.29) is 24.4 Å². The molecule has 0 aliphatic carbocycles. The van der Waals surface area contributed by atoms with Crippen molar-refractivity contribution in [3.8, 4) is 0 Å². The quantitative estimate of drug-likeness (QED) is 0.877. The first-order valence-electron chi connectivity index (χ1n) is 6.47. The van der Waals surface area contributed by atoms with Gasteiger partial charge < -0.3 is 15.2 Å². The number of halogens is 2. The van der Waals surface area contributed by atoms with Crippen molar-refractivity contribution < 1.29 is 4.79 Å². The van der Waals surface area contributed by atoms with Gasteiger partial charge in [0.2, 0.25) is 0 Å². The zero-order chi connectivity index (χ0) is 13.1. The number of carbonyl (C=O) groups excluding carboxylic acids is 1. The van der Waals surface area contributed by atoms with Gasteiger partial charge in [0.15, 0.2) is 0 Å². The lowest BCUT2D eigenvalue weighted by atomic mass is 10.2. The van der Waals surface area contributed by atoms with E-state index in [1.807, 2.05) is 16.8 Å². The summed E-state index contributed by atoms with van der Waals surface area (Å²) in [5, 5.41) is 6.38. The van der Waals surface area contributed by atoms with Crippen LogP contribution in [0.5, 0.6) is 0 Å². The van der Waals surface area contributed by atoms with E-state index in [0.717, 1.165) is 23.1 Å². The van der Waals surface area contributed by atoms with Gasteiger partial charge >= 0.3 is 0 Å². The minimum atomic E-state index is 0. The highest BCUT2D eigenvalue weighted by Gasteiger charge is 2.18. The van der Waals surface area contributed by atoms with E-state index in [0.29, 0.717) is 12.6 Å². The molecule has 4 nitrogen and oxygen atoms in total. The van der Waals surface area contributed by atoms with Crippen LogP contribution in [-0.4, -0.2) is 29.6 Å². The van der Waals surface area contributed by atoms with Crippen molar-refractivity contribution in [2.45, 2.75) is 38.8 Å². The summed E-state index contributed by atoms with van der Waals surface area (Å²) in [5.74, 6) is 0.00287. The molecular formula is C13H21BrClN3O. The Labute approximate surface area is 128 Å². The van der Waals surface area contributed by atoms with Crippen LogP contribution in [0.2, 0.25) is 0 Å². The number of nitrogens with zero attached hydrogens (tertiary/aromatic N) is 1.